The van der Waals surface area contributed by atoms with E-state index in [4.69, 9.17) is 28.0 Å². The van der Waals surface area contributed by atoms with E-state index in [1.54, 1.807) is 30.3 Å². The molecule has 7 heteroatoms. The Morgan fingerprint density at radius 3 is 2.32 bits per heavy atom. The minimum atomic E-state index is -0.642. The van der Waals surface area contributed by atoms with Crippen molar-refractivity contribution in [2.75, 3.05) is 16.5 Å². The van der Waals surface area contributed by atoms with Crippen LogP contribution < -0.4 is 9.96 Å². The van der Waals surface area contributed by atoms with Crippen LogP contribution in [0, 0.1) is 0 Å². The van der Waals surface area contributed by atoms with E-state index in [1.807, 2.05) is 6.07 Å². The molecule has 0 bridgehead atoms. The van der Waals surface area contributed by atoms with Crippen LogP contribution in [-0.4, -0.2) is 18.5 Å². The number of benzene rings is 2. The second kappa shape index (κ2) is 5.87. The summed E-state index contributed by atoms with van der Waals surface area (Å²) in [4.78, 5) is 30.8. The number of carbonyl (C=O) groups excluding carboxylic acids is 2. The molecule has 1 aliphatic rings. The molecule has 1 saturated heterocycles. The van der Waals surface area contributed by atoms with Crippen LogP contribution >= 0.6 is 23.2 Å². The minimum Gasteiger partial charge on any atom is -0.313 e. The third-order valence-corrected chi connectivity index (χ3v) is 3.85. The standard InChI is InChI=1S/C15H10Cl2N2O3/c16-12-7-6-11(8-13(12)17)19-14(20)9-18(15(21)22-19)10-4-2-1-3-5-10/h1-8H,9H2. The molecule has 0 aliphatic carbocycles. The van der Waals surface area contributed by atoms with Crippen LogP contribution in [0.3, 0.4) is 0 Å². The van der Waals surface area contributed by atoms with Gasteiger partial charge in [0, 0.05) is 5.69 Å². The van der Waals surface area contributed by atoms with Gasteiger partial charge in [-0.3, -0.25) is 9.69 Å². The number of para-hydroxylation sites is 1. The summed E-state index contributed by atoms with van der Waals surface area (Å²) in [5, 5.41) is 1.55. The molecule has 1 aliphatic heterocycles. The Hall–Kier alpha value is -2.24. The van der Waals surface area contributed by atoms with Gasteiger partial charge >= 0.3 is 6.09 Å². The summed E-state index contributed by atoms with van der Waals surface area (Å²) < 4.78 is 0. The van der Waals surface area contributed by atoms with Crippen LogP contribution in [0.4, 0.5) is 16.2 Å². The lowest BCUT2D eigenvalue weighted by molar-refractivity contribution is -0.123. The molecule has 1 fully saturated rings. The van der Waals surface area contributed by atoms with Crippen molar-refractivity contribution in [3.63, 3.8) is 0 Å². The molecule has 0 spiro atoms. The number of hydrogen-bond acceptors (Lipinski definition) is 3. The molecule has 2 amide bonds. The van der Waals surface area contributed by atoms with Gasteiger partial charge in [0.2, 0.25) is 0 Å². The second-order valence-electron chi connectivity index (χ2n) is 4.57. The van der Waals surface area contributed by atoms with Crippen molar-refractivity contribution < 1.29 is 14.4 Å². The van der Waals surface area contributed by atoms with Gasteiger partial charge < -0.3 is 4.84 Å². The van der Waals surface area contributed by atoms with Gasteiger partial charge in [-0.1, -0.05) is 41.4 Å². The molecule has 5 nitrogen and oxygen atoms in total. The molecule has 2 aromatic rings. The van der Waals surface area contributed by atoms with E-state index in [2.05, 4.69) is 0 Å². The number of anilines is 2. The summed E-state index contributed by atoms with van der Waals surface area (Å²) >= 11 is 11.8. The van der Waals surface area contributed by atoms with Crippen LogP contribution in [0.25, 0.3) is 0 Å². The zero-order chi connectivity index (χ0) is 15.7. The predicted octanol–water partition coefficient (Wildman–Crippen LogP) is 3.90. The smallest absolute Gasteiger partial charge is 0.313 e. The summed E-state index contributed by atoms with van der Waals surface area (Å²) in [7, 11) is 0. The quantitative estimate of drug-likeness (QED) is 0.835. The molecule has 112 valence electrons. The van der Waals surface area contributed by atoms with Crippen LogP contribution in [0.1, 0.15) is 0 Å². The molecule has 0 atom stereocenters. The molecule has 3 rings (SSSR count). The van der Waals surface area contributed by atoms with Crippen LogP contribution in [0.5, 0.6) is 0 Å². The normalized spacial score (nSPS) is 15.0. The van der Waals surface area contributed by atoms with E-state index in [-0.39, 0.29) is 17.5 Å². The summed E-state index contributed by atoms with van der Waals surface area (Å²) in [6.07, 6.45) is -0.642. The maximum atomic E-state index is 12.3. The van der Waals surface area contributed by atoms with Crippen molar-refractivity contribution in [2.24, 2.45) is 0 Å². The fraction of sp³-hybridized carbons (Fsp3) is 0.0667. The highest BCUT2D eigenvalue weighted by Gasteiger charge is 2.34. The Labute approximate surface area is 136 Å². The number of hydroxylamine groups is 1. The first-order chi connectivity index (χ1) is 10.6. The van der Waals surface area contributed by atoms with Crippen LogP contribution in [0.2, 0.25) is 10.0 Å². The minimum absolute atomic E-state index is 0.122. The van der Waals surface area contributed by atoms with E-state index < -0.39 is 6.09 Å². The zero-order valence-corrected chi connectivity index (χ0v) is 12.7. The van der Waals surface area contributed by atoms with Gasteiger partial charge in [0.1, 0.15) is 6.54 Å². The van der Waals surface area contributed by atoms with E-state index in [9.17, 15) is 9.59 Å². The first kappa shape index (κ1) is 14.7. The van der Waals surface area contributed by atoms with E-state index in [1.165, 1.54) is 17.0 Å². The fourth-order valence-electron chi connectivity index (χ4n) is 2.06. The fourth-order valence-corrected chi connectivity index (χ4v) is 2.35. The van der Waals surface area contributed by atoms with Crippen molar-refractivity contribution >= 4 is 46.6 Å². The maximum Gasteiger partial charge on any atom is 0.439 e. The van der Waals surface area contributed by atoms with Crippen molar-refractivity contribution in [2.45, 2.75) is 0 Å². The predicted molar refractivity (Wildman–Crippen MR) is 84.2 cm³/mol. The van der Waals surface area contributed by atoms with Gasteiger partial charge in [0.05, 0.1) is 15.7 Å². The number of amides is 2. The topological polar surface area (TPSA) is 49.9 Å². The average molecular weight is 337 g/mol. The molecule has 2 aromatic carbocycles. The number of halogens is 2. The Balaban J connectivity index is 1.85. The Morgan fingerprint density at radius 2 is 1.64 bits per heavy atom. The monoisotopic (exact) mass is 336 g/mol. The van der Waals surface area contributed by atoms with Crippen molar-refractivity contribution in [1.29, 1.82) is 0 Å². The lowest BCUT2D eigenvalue weighted by Crippen LogP contribution is -2.52. The van der Waals surface area contributed by atoms with Gasteiger partial charge in [-0.05, 0) is 30.3 Å². The maximum absolute atomic E-state index is 12.3. The van der Waals surface area contributed by atoms with E-state index in [0.717, 1.165) is 5.06 Å². The molecule has 0 aromatic heterocycles. The lowest BCUT2D eigenvalue weighted by Gasteiger charge is -2.32. The molecule has 0 unspecified atom stereocenters. The third-order valence-electron chi connectivity index (χ3n) is 3.12. The van der Waals surface area contributed by atoms with Gasteiger partial charge in [0.15, 0.2) is 0 Å². The summed E-state index contributed by atoms with van der Waals surface area (Å²) in [6.45, 7) is -0.122. The lowest BCUT2D eigenvalue weighted by atomic mass is 10.2. The molecular formula is C15H10Cl2N2O3. The highest BCUT2D eigenvalue weighted by molar-refractivity contribution is 6.42. The molecule has 1 heterocycles. The molecule has 22 heavy (non-hydrogen) atoms. The molecular weight excluding hydrogens is 327 g/mol. The Morgan fingerprint density at radius 1 is 0.909 bits per heavy atom. The molecule has 0 saturated carbocycles. The zero-order valence-electron chi connectivity index (χ0n) is 11.2. The van der Waals surface area contributed by atoms with Gasteiger partial charge in [-0.25, -0.2) is 4.79 Å². The van der Waals surface area contributed by atoms with E-state index >= 15 is 0 Å². The number of carbonyl (C=O) groups is 2. The van der Waals surface area contributed by atoms with Crippen molar-refractivity contribution in [3.05, 3.63) is 58.6 Å². The summed E-state index contributed by atoms with van der Waals surface area (Å²) in [5.74, 6) is -0.387. The SMILES string of the molecule is O=C1ON(c2ccc(Cl)c(Cl)c2)C(=O)CN1c1ccccc1. The number of hydrogen-bond donors (Lipinski definition) is 0. The first-order valence-electron chi connectivity index (χ1n) is 6.39. The Bertz CT molecular complexity index is 737. The summed E-state index contributed by atoms with van der Waals surface area (Å²) in [5.41, 5.74) is 0.940. The number of rotatable bonds is 2. The average Bonchev–Trinajstić information content (AvgIpc) is 2.53. The highest BCUT2D eigenvalue weighted by Crippen LogP contribution is 2.29. The van der Waals surface area contributed by atoms with Crippen molar-refractivity contribution in [3.8, 4) is 0 Å². The van der Waals surface area contributed by atoms with Gasteiger partial charge in [0.25, 0.3) is 5.91 Å². The highest BCUT2D eigenvalue weighted by atomic mass is 35.5. The van der Waals surface area contributed by atoms with Crippen molar-refractivity contribution in [1.82, 2.24) is 0 Å². The van der Waals surface area contributed by atoms with Crippen LogP contribution in [-0.2, 0) is 9.63 Å². The third kappa shape index (κ3) is 2.73. The largest absolute Gasteiger partial charge is 0.439 e. The second-order valence-corrected chi connectivity index (χ2v) is 5.38. The molecule has 0 radical (unpaired) electrons. The van der Waals surface area contributed by atoms with Crippen LogP contribution in [0.15, 0.2) is 48.5 Å². The van der Waals surface area contributed by atoms with Gasteiger partial charge in [-0.15, -0.1) is 5.06 Å². The summed E-state index contributed by atoms with van der Waals surface area (Å²) in [6, 6.07) is 13.4. The molecule has 0 N–H and O–H groups in total. The number of nitrogens with zero attached hydrogens (tertiary/aromatic N) is 2. The van der Waals surface area contributed by atoms with E-state index in [0.29, 0.717) is 16.4 Å². The first-order valence-corrected chi connectivity index (χ1v) is 7.14. The van der Waals surface area contributed by atoms with Gasteiger partial charge in [-0.2, -0.15) is 0 Å². The Kier molecular flexibility index (Phi) is 3.92.